The first-order valence-corrected chi connectivity index (χ1v) is 24.0. The van der Waals surface area contributed by atoms with E-state index in [4.69, 9.17) is 14.4 Å². The lowest BCUT2D eigenvalue weighted by molar-refractivity contribution is 0.669. The minimum absolute atomic E-state index is 0.666. The highest BCUT2D eigenvalue weighted by molar-refractivity contribution is 7.25. The minimum atomic E-state index is 0.666. The number of allylic oxidation sites excluding steroid dienone is 8. The Morgan fingerprint density at radius 1 is 0.552 bits per heavy atom. The normalized spacial score (nSPS) is 14.9. The summed E-state index contributed by atoms with van der Waals surface area (Å²) in [7, 11) is 0. The highest BCUT2D eigenvalue weighted by Gasteiger charge is 2.25. The maximum atomic E-state index is 6.48. The molecule has 0 spiro atoms. The summed E-state index contributed by atoms with van der Waals surface area (Å²) >= 11 is 1.86. The number of rotatable bonds is 6. The second-order valence-electron chi connectivity index (χ2n) is 16.8. The van der Waals surface area contributed by atoms with E-state index in [0.29, 0.717) is 6.54 Å². The molecular weight excluding hydrogens is 835 g/mol. The topological polar surface area (TPSA) is 41.1 Å². The second kappa shape index (κ2) is 17.0. The molecule has 5 heterocycles. The molecule has 4 aliphatic rings. The van der Waals surface area contributed by atoms with Gasteiger partial charge in [0.25, 0.3) is 0 Å². The van der Waals surface area contributed by atoms with Gasteiger partial charge in [-0.05, 0) is 131 Å². The SMILES string of the molecule is C1=C2C=CC=CC=1N(c1ccc3oc4ccc(-c5ccccc5C5=NCC=CC=C5)cc4c3c1)c1ccc(-c3ccc4sc5ccc(-c6ccccc6C6=NC=CCC6)cc5c4c3)cc12.CC. The van der Waals surface area contributed by atoms with Gasteiger partial charge in [0.05, 0.1) is 23.6 Å². The Morgan fingerprint density at radius 3 is 2.00 bits per heavy atom. The van der Waals surface area contributed by atoms with E-state index in [1.165, 1.54) is 48.0 Å². The Hall–Kier alpha value is -8.08. The lowest BCUT2D eigenvalue weighted by atomic mass is 9.92. The average molecular weight is 880 g/mol. The van der Waals surface area contributed by atoms with Crippen LogP contribution in [0.5, 0.6) is 0 Å². The molecule has 13 rings (SSSR count). The van der Waals surface area contributed by atoms with Crippen LogP contribution in [0.1, 0.15) is 43.4 Å². The molecule has 2 bridgehead atoms. The van der Waals surface area contributed by atoms with Crippen molar-refractivity contribution in [2.75, 3.05) is 11.4 Å². The van der Waals surface area contributed by atoms with Gasteiger partial charge in [0.2, 0.25) is 0 Å². The van der Waals surface area contributed by atoms with Crippen molar-refractivity contribution in [3.63, 3.8) is 0 Å². The molecule has 0 fully saturated rings. The number of furan rings is 1. The van der Waals surface area contributed by atoms with Crippen molar-refractivity contribution in [1.82, 2.24) is 0 Å². The van der Waals surface area contributed by atoms with E-state index in [1.54, 1.807) is 0 Å². The van der Waals surface area contributed by atoms with Gasteiger partial charge in [-0.15, -0.1) is 11.3 Å². The molecule has 0 N–H and O–H groups in total. The number of aliphatic imine (C=N–C) groups is 2. The van der Waals surface area contributed by atoms with Gasteiger partial charge in [-0.2, -0.15) is 0 Å². The van der Waals surface area contributed by atoms with Gasteiger partial charge in [-0.25, -0.2) is 0 Å². The molecule has 0 saturated heterocycles. The molecule has 5 heteroatoms. The van der Waals surface area contributed by atoms with Gasteiger partial charge in [-0.3, -0.25) is 9.98 Å². The Bertz CT molecular complexity index is 3800. The summed E-state index contributed by atoms with van der Waals surface area (Å²) in [4.78, 5) is 12.0. The fourth-order valence-corrected chi connectivity index (χ4v) is 10.9. The molecule has 0 atom stereocenters. The van der Waals surface area contributed by atoms with E-state index in [-0.39, 0.29) is 0 Å². The Morgan fingerprint density at radius 2 is 1.19 bits per heavy atom. The van der Waals surface area contributed by atoms with Crippen molar-refractivity contribution in [2.45, 2.75) is 26.7 Å². The van der Waals surface area contributed by atoms with Crippen LogP contribution in [0.25, 0.3) is 81.1 Å². The summed E-state index contributed by atoms with van der Waals surface area (Å²) in [5.41, 5.74) is 22.4. The van der Waals surface area contributed by atoms with Crippen LogP contribution >= 0.6 is 11.3 Å². The van der Waals surface area contributed by atoms with Crippen molar-refractivity contribution < 1.29 is 4.42 Å². The lowest BCUT2D eigenvalue weighted by Gasteiger charge is -2.30. The largest absolute Gasteiger partial charge is 0.456 e. The zero-order chi connectivity index (χ0) is 44.8. The molecule has 9 aromatic rings. The van der Waals surface area contributed by atoms with E-state index in [0.717, 1.165) is 91.1 Å². The minimum Gasteiger partial charge on any atom is -0.456 e. The molecule has 2 aromatic heterocycles. The van der Waals surface area contributed by atoms with Crippen LogP contribution in [0.15, 0.2) is 226 Å². The highest BCUT2D eigenvalue weighted by Crippen LogP contribution is 2.45. The number of hydrogen-bond acceptors (Lipinski definition) is 5. The van der Waals surface area contributed by atoms with Crippen LogP contribution in [0.2, 0.25) is 0 Å². The Balaban J connectivity index is 0.00000231. The Kier molecular flexibility index (Phi) is 10.3. The third kappa shape index (κ3) is 7.17. The van der Waals surface area contributed by atoms with Crippen molar-refractivity contribution in [2.24, 2.45) is 9.98 Å². The maximum Gasteiger partial charge on any atom is 0.135 e. The van der Waals surface area contributed by atoms with Crippen LogP contribution in [0.3, 0.4) is 0 Å². The second-order valence-corrected chi connectivity index (χ2v) is 17.9. The first-order valence-electron chi connectivity index (χ1n) is 23.2. The maximum absolute atomic E-state index is 6.48. The van der Waals surface area contributed by atoms with E-state index < -0.39 is 0 Å². The third-order valence-electron chi connectivity index (χ3n) is 13.0. The summed E-state index contributed by atoms with van der Waals surface area (Å²) in [6, 6.07) is 51.1. The van der Waals surface area contributed by atoms with Gasteiger partial charge in [-0.1, -0.05) is 129 Å². The molecule has 7 aromatic carbocycles. The molecule has 0 unspecified atom stereocenters. The summed E-state index contributed by atoms with van der Waals surface area (Å²) < 4.78 is 9.06. The number of thiophene rings is 1. The van der Waals surface area contributed by atoms with Crippen LogP contribution in [-0.2, 0) is 0 Å². The van der Waals surface area contributed by atoms with Crippen LogP contribution in [-0.4, -0.2) is 18.0 Å². The molecule has 320 valence electrons. The predicted octanol–water partition coefficient (Wildman–Crippen LogP) is 17.1. The van der Waals surface area contributed by atoms with Gasteiger partial charge >= 0.3 is 0 Å². The number of benzene rings is 7. The zero-order valence-corrected chi connectivity index (χ0v) is 38.1. The molecule has 67 heavy (non-hydrogen) atoms. The van der Waals surface area contributed by atoms with E-state index >= 15 is 0 Å². The zero-order valence-electron chi connectivity index (χ0n) is 37.3. The van der Waals surface area contributed by atoms with E-state index in [2.05, 4.69) is 205 Å². The summed E-state index contributed by atoms with van der Waals surface area (Å²) in [6.07, 6.45) is 22.9. The molecule has 0 amide bonds. The van der Waals surface area contributed by atoms with E-state index in [1.807, 2.05) is 31.4 Å². The fourth-order valence-electron chi connectivity index (χ4n) is 9.85. The van der Waals surface area contributed by atoms with Gasteiger partial charge < -0.3 is 9.32 Å². The lowest BCUT2D eigenvalue weighted by Crippen LogP contribution is -2.18. The van der Waals surface area contributed by atoms with Crippen molar-refractivity contribution in [3.8, 4) is 33.4 Å². The van der Waals surface area contributed by atoms with Crippen LogP contribution in [0, 0.1) is 0 Å². The van der Waals surface area contributed by atoms with Crippen molar-refractivity contribution in [3.05, 3.63) is 229 Å². The standard InChI is InChI=1S/C60H39N3OS.C2H6/c1-2-18-54(61-30-10-1)47-16-7-5-14-45(47)41-21-26-57-50(35-41)51-37-44(24-27-58(51)64-57)63-43-13-4-3-12-40(32-43)49-33-38(20-25-56(49)63)39-22-28-59-52(34-39)53-36-42(23-29-60(53)65-59)46-15-6-8-17-48(46)55-19-9-11-31-62-55;1-2/h1-8,10-18,20-29,31,33-37H,9,19,30H2;1-2H3. The summed E-state index contributed by atoms with van der Waals surface area (Å²) in [5.74, 6) is 0. The highest BCUT2D eigenvalue weighted by atomic mass is 32.1. The molecule has 3 aliphatic heterocycles. The first-order chi connectivity index (χ1) is 33.2. The van der Waals surface area contributed by atoms with Crippen LogP contribution < -0.4 is 4.90 Å². The number of nitrogens with zero attached hydrogens (tertiary/aromatic N) is 3. The van der Waals surface area contributed by atoms with Crippen molar-refractivity contribution in [1.29, 1.82) is 0 Å². The molecule has 1 aliphatic carbocycles. The van der Waals surface area contributed by atoms with E-state index in [9.17, 15) is 0 Å². The molecule has 0 saturated carbocycles. The monoisotopic (exact) mass is 879 g/mol. The quantitative estimate of drug-likeness (QED) is 0.156. The van der Waals surface area contributed by atoms with Gasteiger partial charge in [0.15, 0.2) is 0 Å². The molecular formula is C62H45N3OS. The number of anilines is 2. The van der Waals surface area contributed by atoms with Gasteiger partial charge in [0, 0.05) is 70.8 Å². The smallest absolute Gasteiger partial charge is 0.135 e. The predicted molar refractivity (Wildman–Crippen MR) is 286 cm³/mol. The van der Waals surface area contributed by atoms with Gasteiger partial charge in [0.1, 0.15) is 11.2 Å². The first kappa shape index (κ1) is 40.4. The fraction of sp³-hybridized carbons (Fsp3) is 0.0806. The molecule has 0 radical (unpaired) electrons. The third-order valence-corrected chi connectivity index (χ3v) is 14.1. The summed E-state index contributed by atoms with van der Waals surface area (Å²) in [5, 5.41) is 4.70. The number of hydrogen-bond donors (Lipinski definition) is 0. The molecule has 4 nitrogen and oxygen atoms in total. The van der Waals surface area contributed by atoms with Crippen molar-refractivity contribution >= 4 is 81.8 Å². The average Bonchev–Trinajstić information content (AvgIpc) is 3.69. The summed E-state index contributed by atoms with van der Waals surface area (Å²) in [6.45, 7) is 4.67. The Labute approximate surface area is 394 Å². The number of fused-ring (bicyclic) bond motifs is 8. The van der Waals surface area contributed by atoms with Crippen LogP contribution in [0.4, 0.5) is 11.4 Å².